The number of methoxy groups -OCH3 is 1. The average Bonchev–Trinajstić information content (AvgIpc) is 2.79. The fourth-order valence-electron chi connectivity index (χ4n) is 3.43. The van der Waals surface area contributed by atoms with Gasteiger partial charge in [0.15, 0.2) is 0 Å². The van der Waals surface area contributed by atoms with E-state index in [4.69, 9.17) is 4.74 Å². The molecule has 0 bridgehead atoms. The highest BCUT2D eigenvalue weighted by atomic mass is 32.2. The second-order valence-corrected chi connectivity index (χ2v) is 8.10. The van der Waals surface area contributed by atoms with Crippen LogP contribution in [0.15, 0.2) is 0 Å². The molecule has 130 valence electrons. The van der Waals surface area contributed by atoms with Crippen molar-refractivity contribution in [2.45, 2.75) is 57.6 Å². The summed E-state index contributed by atoms with van der Waals surface area (Å²) >= 11 is 0. The number of nitrogens with zero attached hydrogens (tertiary/aromatic N) is 2. The van der Waals surface area contributed by atoms with Gasteiger partial charge in [0.05, 0.1) is 18.3 Å². The quantitative estimate of drug-likeness (QED) is 0.785. The Hall–Kier alpha value is -0.960. The van der Waals surface area contributed by atoms with E-state index in [1.54, 1.807) is 7.11 Å². The van der Waals surface area contributed by atoms with Crippen LogP contribution in [-0.2, 0) is 34.3 Å². The Morgan fingerprint density at radius 3 is 2.74 bits per heavy atom. The molecule has 7 nitrogen and oxygen atoms in total. The molecule has 1 aromatic heterocycles. The van der Waals surface area contributed by atoms with Crippen molar-refractivity contribution >= 4 is 10.2 Å². The summed E-state index contributed by atoms with van der Waals surface area (Å²) in [5.41, 5.74) is 3.23. The molecule has 1 aliphatic heterocycles. The summed E-state index contributed by atoms with van der Waals surface area (Å²) in [7, 11) is -1.78. The van der Waals surface area contributed by atoms with Gasteiger partial charge >= 0.3 is 0 Å². The van der Waals surface area contributed by atoms with Gasteiger partial charge in [-0.15, -0.1) is 0 Å². The summed E-state index contributed by atoms with van der Waals surface area (Å²) in [6.07, 6.45) is 7.21. The smallest absolute Gasteiger partial charge is 0.279 e. The first-order chi connectivity index (χ1) is 11.1. The van der Waals surface area contributed by atoms with E-state index in [-0.39, 0.29) is 12.6 Å². The highest BCUT2D eigenvalue weighted by molar-refractivity contribution is 7.87. The number of hydrogen-bond donors (Lipinski definition) is 2. The first kappa shape index (κ1) is 16.9. The van der Waals surface area contributed by atoms with Crippen LogP contribution in [0.1, 0.15) is 49.1 Å². The predicted molar refractivity (Wildman–Crippen MR) is 87.2 cm³/mol. The number of aromatic nitrogens is 2. The van der Waals surface area contributed by atoms with Gasteiger partial charge in [0.2, 0.25) is 0 Å². The predicted octanol–water partition coefficient (Wildman–Crippen LogP) is 1.12. The number of aromatic amines is 1. The SMILES string of the molecule is COC1CCN(S(=O)(=O)NCc2n[nH]c3c2CCCCC3)CC1. The minimum Gasteiger partial charge on any atom is -0.381 e. The molecular formula is C15H26N4O3S. The van der Waals surface area contributed by atoms with Crippen LogP contribution in [0.25, 0.3) is 0 Å². The molecule has 23 heavy (non-hydrogen) atoms. The van der Waals surface area contributed by atoms with Crippen molar-refractivity contribution < 1.29 is 13.2 Å². The summed E-state index contributed by atoms with van der Waals surface area (Å²) in [4.78, 5) is 0. The van der Waals surface area contributed by atoms with Gasteiger partial charge in [-0.2, -0.15) is 22.5 Å². The van der Waals surface area contributed by atoms with Gasteiger partial charge in [-0.3, -0.25) is 5.10 Å². The van der Waals surface area contributed by atoms with Gasteiger partial charge < -0.3 is 4.74 Å². The van der Waals surface area contributed by atoms with Crippen LogP contribution >= 0.6 is 0 Å². The van der Waals surface area contributed by atoms with Crippen molar-refractivity contribution in [2.24, 2.45) is 0 Å². The Bertz CT molecular complexity index is 621. The molecule has 2 heterocycles. The van der Waals surface area contributed by atoms with Gasteiger partial charge in [0.25, 0.3) is 10.2 Å². The van der Waals surface area contributed by atoms with E-state index in [9.17, 15) is 8.42 Å². The molecule has 1 saturated heterocycles. The second-order valence-electron chi connectivity index (χ2n) is 6.35. The molecule has 1 aromatic rings. The molecule has 1 fully saturated rings. The van der Waals surface area contributed by atoms with Crippen LogP contribution < -0.4 is 4.72 Å². The zero-order valence-corrected chi connectivity index (χ0v) is 14.5. The van der Waals surface area contributed by atoms with Crippen molar-refractivity contribution in [3.05, 3.63) is 17.0 Å². The van der Waals surface area contributed by atoms with Gasteiger partial charge in [0.1, 0.15) is 0 Å². The highest BCUT2D eigenvalue weighted by Gasteiger charge is 2.28. The normalized spacial score (nSPS) is 21.1. The molecule has 0 atom stereocenters. The molecule has 0 amide bonds. The van der Waals surface area contributed by atoms with Crippen LogP contribution in [0, 0.1) is 0 Å². The maximum Gasteiger partial charge on any atom is 0.279 e. The number of hydrogen-bond acceptors (Lipinski definition) is 4. The summed E-state index contributed by atoms with van der Waals surface area (Å²) in [6, 6.07) is 0. The van der Waals surface area contributed by atoms with Gasteiger partial charge in [-0.25, -0.2) is 0 Å². The molecule has 1 aliphatic carbocycles. The monoisotopic (exact) mass is 342 g/mol. The molecule has 0 unspecified atom stereocenters. The van der Waals surface area contributed by atoms with E-state index in [1.807, 2.05) is 0 Å². The Kier molecular flexibility index (Phi) is 5.35. The summed E-state index contributed by atoms with van der Waals surface area (Å²) in [6.45, 7) is 1.28. The fourth-order valence-corrected chi connectivity index (χ4v) is 4.62. The van der Waals surface area contributed by atoms with Gasteiger partial charge in [0, 0.05) is 25.9 Å². The van der Waals surface area contributed by atoms with E-state index >= 15 is 0 Å². The first-order valence-corrected chi connectivity index (χ1v) is 9.86. The molecule has 8 heteroatoms. The van der Waals surface area contributed by atoms with Crippen LogP contribution in [0.2, 0.25) is 0 Å². The maximum absolute atomic E-state index is 12.4. The number of aryl methyl sites for hydroxylation is 1. The van der Waals surface area contributed by atoms with Crippen molar-refractivity contribution in [3.8, 4) is 0 Å². The fraction of sp³-hybridized carbons (Fsp3) is 0.800. The van der Waals surface area contributed by atoms with E-state index in [0.717, 1.165) is 37.8 Å². The van der Waals surface area contributed by atoms with Crippen LogP contribution in [-0.4, -0.2) is 49.2 Å². The number of nitrogens with one attached hydrogen (secondary N) is 2. The minimum atomic E-state index is -3.45. The summed E-state index contributed by atoms with van der Waals surface area (Å²) in [5.74, 6) is 0. The van der Waals surface area contributed by atoms with E-state index in [1.165, 1.54) is 28.4 Å². The lowest BCUT2D eigenvalue weighted by Gasteiger charge is -2.30. The molecule has 0 aromatic carbocycles. The van der Waals surface area contributed by atoms with E-state index in [2.05, 4.69) is 14.9 Å². The number of rotatable bonds is 5. The minimum absolute atomic E-state index is 0.170. The van der Waals surface area contributed by atoms with Crippen LogP contribution in [0.3, 0.4) is 0 Å². The standard InChI is InChI=1S/C15H26N4O3S/c1-22-12-7-9-19(10-8-12)23(20,21)16-11-15-13-5-3-2-4-6-14(13)17-18-15/h12,16H,2-11H2,1H3,(H,17,18). The molecule has 3 rings (SSSR count). The van der Waals surface area contributed by atoms with Crippen molar-refractivity contribution in [1.82, 2.24) is 19.2 Å². The maximum atomic E-state index is 12.4. The number of ether oxygens (including phenoxy) is 1. The Morgan fingerprint density at radius 2 is 2.00 bits per heavy atom. The lowest BCUT2D eigenvalue weighted by atomic mass is 10.1. The third-order valence-corrected chi connectivity index (χ3v) is 6.44. The zero-order chi connectivity index (χ0) is 16.3. The molecule has 0 radical (unpaired) electrons. The topological polar surface area (TPSA) is 87.3 Å². The Morgan fingerprint density at radius 1 is 1.26 bits per heavy atom. The first-order valence-electron chi connectivity index (χ1n) is 8.42. The van der Waals surface area contributed by atoms with Gasteiger partial charge in [-0.1, -0.05) is 6.42 Å². The molecule has 2 N–H and O–H groups in total. The number of H-pyrrole nitrogens is 1. The lowest BCUT2D eigenvalue weighted by molar-refractivity contribution is 0.0602. The van der Waals surface area contributed by atoms with Crippen LogP contribution in [0.5, 0.6) is 0 Å². The largest absolute Gasteiger partial charge is 0.381 e. The second kappa shape index (κ2) is 7.29. The van der Waals surface area contributed by atoms with Crippen LogP contribution in [0.4, 0.5) is 0 Å². The molecular weight excluding hydrogens is 316 g/mol. The molecule has 0 saturated carbocycles. The Labute approximate surface area is 138 Å². The number of fused-ring (bicyclic) bond motifs is 1. The number of piperidine rings is 1. The van der Waals surface area contributed by atoms with Crippen molar-refractivity contribution in [3.63, 3.8) is 0 Å². The average molecular weight is 342 g/mol. The zero-order valence-electron chi connectivity index (χ0n) is 13.7. The third kappa shape index (κ3) is 3.93. The summed E-state index contributed by atoms with van der Waals surface area (Å²) < 4.78 is 34.4. The van der Waals surface area contributed by atoms with Crippen molar-refractivity contribution in [2.75, 3.05) is 20.2 Å². The third-order valence-electron chi connectivity index (χ3n) is 4.89. The summed E-state index contributed by atoms with van der Waals surface area (Å²) in [5, 5.41) is 7.40. The van der Waals surface area contributed by atoms with Crippen molar-refractivity contribution in [1.29, 1.82) is 0 Å². The molecule has 0 spiro atoms. The van der Waals surface area contributed by atoms with Gasteiger partial charge in [-0.05, 0) is 44.1 Å². The Balaban J connectivity index is 1.60. The van der Waals surface area contributed by atoms with E-state index in [0.29, 0.717) is 13.1 Å². The highest BCUT2D eigenvalue weighted by Crippen LogP contribution is 2.22. The van der Waals surface area contributed by atoms with E-state index < -0.39 is 10.2 Å². The molecule has 2 aliphatic rings. The lowest BCUT2D eigenvalue weighted by Crippen LogP contribution is -2.46.